The molecule has 0 amide bonds. The van der Waals surface area contributed by atoms with Crippen molar-refractivity contribution in [3.8, 4) is 0 Å². The van der Waals surface area contributed by atoms with Gasteiger partial charge in [0.1, 0.15) is 0 Å². The molecule has 1 fully saturated rings. The molecule has 0 radical (unpaired) electrons. The van der Waals surface area contributed by atoms with Gasteiger partial charge in [-0.25, -0.2) is 0 Å². The highest BCUT2D eigenvalue weighted by atomic mass is 16.5. The number of likely N-dealkylation sites (N-methyl/N-ethyl adjacent to an activating group) is 1. The number of benzene rings is 1. The molecule has 0 spiro atoms. The summed E-state index contributed by atoms with van der Waals surface area (Å²) < 4.78 is 5.61. The molecule has 0 aromatic heterocycles. The molecule has 3 unspecified atom stereocenters. The molecule has 1 aliphatic heterocycles. The Morgan fingerprint density at radius 1 is 1.29 bits per heavy atom. The standard InChI is InChI=1S/C18H30N2O/c1-14(2)18(17(19)16-9-5-4-6-10-16)20(3)12-15-8-7-11-21-13-15/h4-6,9-10,14-15,17-18H,7-8,11-13,19H2,1-3H3. The molecule has 0 saturated carbocycles. The molecule has 0 bridgehead atoms. The summed E-state index contributed by atoms with van der Waals surface area (Å²) in [6, 6.07) is 10.9. The fourth-order valence-corrected chi connectivity index (χ4v) is 3.55. The van der Waals surface area contributed by atoms with Crippen LogP contribution in [0.4, 0.5) is 0 Å². The first-order valence-electron chi connectivity index (χ1n) is 8.18. The third kappa shape index (κ3) is 4.53. The molecule has 3 atom stereocenters. The van der Waals surface area contributed by atoms with Crippen molar-refractivity contribution in [1.29, 1.82) is 0 Å². The van der Waals surface area contributed by atoms with E-state index in [4.69, 9.17) is 10.5 Å². The van der Waals surface area contributed by atoms with Crippen molar-refractivity contribution in [2.75, 3.05) is 26.8 Å². The van der Waals surface area contributed by atoms with Crippen LogP contribution >= 0.6 is 0 Å². The second-order valence-electron chi connectivity index (χ2n) is 6.69. The molecule has 3 heteroatoms. The van der Waals surface area contributed by atoms with Crippen molar-refractivity contribution in [1.82, 2.24) is 4.90 Å². The Balaban J connectivity index is 2.03. The van der Waals surface area contributed by atoms with Crippen LogP contribution in [0.25, 0.3) is 0 Å². The summed E-state index contributed by atoms with van der Waals surface area (Å²) in [6.07, 6.45) is 2.46. The van der Waals surface area contributed by atoms with Crippen molar-refractivity contribution < 1.29 is 4.74 Å². The first-order valence-corrected chi connectivity index (χ1v) is 8.18. The fraction of sp³-hybridized carbons (Fsp3) is 0.667. The van der Waals surface area contributed by atoms with E-state index in [0.717, 1.165) is 19.8 Å². The van der Waals surface area contributed by atoms with Crippen molar-refractivity contribution >= 4 is 0 Å². The van der Waals surface area contributed by atoms with E-state index in [1.807, 2.05) is 6.07 Å². The van der Waals surface area contributed by atoms with E-state index >= 15 is 0 Å². The molecule has 1 saturated heterocycles. The lowest BCUT2D eigenvalue weighted by molar-refractivity contribution is 0.0293. The van der Waals surface area contributed by atoms with Crippen LogP contribution in [0, 0.1) is 11.8 Å². The topological polar surface area (TPSA) is 38.5 Å². The molecule has 118 valence electrons. The molecule has 0 aliphatic carbocycles. The van der Waals surface area contributed by atoms with Gasteiger partial charge in [0.05, 0.1) is 6.61 Å². The maximum atomic E-state index is 6.57. The minimum Gasteiger partial charge on any atom is -0.381 e. The van der Waals surface area contributed by atoms with E-state index in [1.54, 1.807) is 0 Å². The average molecular weight is 290 g/mol. The maximum Gasteiger partial charge on any atom is 0.0506 e. The zero-order valence-corrected chi connectivity index (χ0v) is 13.7. The quantitative estimate of drug-likeness (QED) is 0.875. The SMILES string of the molecule is CC(C)C(C(N)c1ccccc1)N(C)CC1CCCOC1. The maximum absolute atomic E-state index is 6.57. The predicted octanol–water partition coefficient (Wildman–Crippen LogP) is 3.07. The van der Waals surface area contributed by atoms with Crippen molar-refractivity contribution in [3.63, 3.8) is 0 Å². The first kappa shape index (κ1) is 16.5. The molecule has 1 aromatic carbocycles. The third-order valence-electron chi connectivity index (χ3n) is 4.55. The van der Waals surface area contributed by atoms with E-state index in [0.29, 0.717) is 17.9 Å². The number of hydrogen-bond acceptors (Lipinski definition) is 3. The lowest BCUT2D eigenvalue weighted by Crippen LogP contribution is -2.46. The second kappa shape index (κ2) is 7.92. The van der Waals surface area contributed by atoms with Gasteiger partial charge in [-0.1, -0.05) is 44.2 Å². The second-order valence-corrected chi connectivity index (χ2v) is 6.69. The monoisotopic (exact) mass is 290 g/mol. The molecule has 1 aromatic rings. The minimum absolute atomic E-state index is 0.0562. The average Bonchev–Trinajstić information content (AvgIpc) is 2.49. The van der Waals surface area contributed by atoms with Gasteiger partial charge in [0.15, 0.2) is 0 Å². The smallest absolute Gasteiger partial charge is 0.0506 e. The summed E-state index contributed by atoms with van der Waals surface area (Å²) in [6.45, 7) is 7.43. The van der Waals surface area contributed by atoms with Gasteiger partial charge in [0.2, 0.25) is 0 Å². The van der Waals surface area contributed by atoms with Gasteiger partial charge >= 0.3 is 0 Å². The Bertz CT molecular complexity index is 401. The Morgan fingerprint density at radius 3 is 2.57 bits per heavy atom. The normalized spacial score (nSPS) is 22.5. The van der Waals surface area contributed by atoms with Crippen LogP contribution in [-0.2, 0) is 4.74 Å². The molecular formula is C18H30N2O. The molecule has 1 aliphatic rings. The van der Waals surface area contributed by atoms with E-state index in [9.17, 15) is 0 Å². The molecule has 21 heavy (non-hydrogen) atoms. The minimum atomic E-state index is 0.0562. The Kier molecular flexibility index (Phi) is 6.22. The first-order chi connectivity index (χ1) is 10.1. The Hall–Kier alpha value is -0.900. The van der Waals surface area contributed by atoms with Gasteiger partial charge in [-0.2, -0.15) is 0 Å². The number of rotatable bonds is 6. The van der Waals surface area contributed by atoms with E-state index in [-0.39, 0.29) is 6.04 Å². The van der Waals surface area contributed by atoms with Crippen LogP contribution in [0.3, 0.4) is 0 Å². The van der Waals surface area contributed by atoms with Crippen LogP contribution in [0.2, 0.25) is 0 Å². The number of hydrogen-bond donors (Lipinski definition) is 1. The zero-order valence-electron chi connectivity index (χ0n) is 13.7. The van der Waals surface area contributed by atoms with E-state index in [1.165, 1.54) is 18.4 Å². The van der Waals surface area contributed by atoms with Crippen LogP contribution in [-0.4, -0.2) is 37.7 Å². The highest BCUT2D eigenvalue weighted by Crippen LogP contribution is 2.25. The summed E-state index contributed by atoms with van der Waals surface area (Å²) in [5.41, 5.74) is 7.80. The predicted molar refractivity (Wildman–Crippen MR) is 88.2 cm³/mol. The van der Waals surface area contributed by atoms with E-state index in [2.05, 4.69) is 50.1 Å². The van der Waals surface area contributed by atoms with Gasteiger partial charge in [0, 0.05) is 25.2 Å². The van der Waals surface area contributed by atoms with Gasteiger partial charge in [-0.15, -0.1) is 0 Å². The van der Waals surface area contributed by atoms with Crippen molar-refractivity contribution in [2.45, 2.75) is 38.8 Å². The fourth-order valence-electron chi connectivity index (χ4n) is 3.55. The third-order valence-corrected chi connectivity index (χ3v) is 4.55. The molecule has 3 nitrogen and oxygen atoms in total. The largest absolute Gasteiger partial charge is 0.381 e. The molecule has 2 rings (SSSR count). The van der Waals surface area contributed by atoms with Crippen LogP contribution in [0.1, 0.15) is 38.3 Å². The Morgan fingerprint density at radius 2 is 2.00 bits per heavy atom. The highest BCUT2D eigenvalue weighted by molar-refractivity contribution is 5.20. The van der Waals surface area contributed by atoms with Gasteiger partial charge < -0.3 is 15.4 Å². The summed E-state index contributed by atoms with van der Waals surface area (Å²) in [5.74, 6) is 1.17. The van der Waals surface area contributed by atoms with Crippen LogP contribution in [0.5, 0.6) is 0 Å². The van der Waals surface area contributed by atoms with Crippen molar-refractivity contribution in [2.24, 2.45) is 17.6 Å². The molecular weight excluding hydrogens is 260 g/mol. The summed E-state index contributed by atoms with van der Waals surface area (Å²) in [5, 5.41) is 0. The lowest BCUT2D eigenvalue weighted by Gasteiger charge is -2.38. The summed E-state index contributed by atoms with van der Waals surface area (Å²) in [4.78, 5) is 2.45. The number of nitrogens with zero attached hydrogens (tertiary/aromatic N) is 1. The van der Waals surface area contributed by atoms with Gasteiger partial charge in [-0.3, -0.25) is 0 Å². The Labute approximate surface area is 129 Å². The van der Waals surface area contributed by atoms with Crippen LogP contribution < -0.4 is 5.73 Å². The highest BCUT2D eigenvalue weighted by Gasteiger charge is 2.28. The van der Waals surface area contributed by atoms with Crippen LogP contribution in [0.15, 0.2) is 30.3 Å². The number of nitrogens with two attached hydrogens (primary N) is 1. The number of ether oxygens (including phenoxy) is 1. The molecule has 2 N–H and O–H groups in total. The van der Waals surface area contributed by atoms with E-state index < -0.39 is 0 Å². The molecule has 1 heterocycles. The zero-order chi connectivity index (χ0) is 15.2. The van der Waals surface area contributed by atoms with Gasteiger partial charge in [0.25, 0.3) is 0 Å². The van der Waals surface area contributed by atoms with Crippen molar-refractivity contribution in [3.05, 3.63) is 35.9 Å². The lowest BCUT2D eigenvalue weighted by atomic mass is 9.89. The summed E-state index contributed by atoms with van der Waals surface area (Å²) >= 11 is 0. The van der Waals surface area contributed by atoms with Gasteiger partial charge in [-0.05, 0) is 37.3 Å². The summed E-state index contributed by atoms with van der Waals surface area (Å²) in [7, 11) is 2.21.